The van der Waals surface area contributed by atoms with Crippen LogP contribution in [0.25, 0.3) is 0 Å². The second-order valence-electron chi connectivity index (χ2n) is 4.57. The zero-order valence-corrected chi connectivity index (χ0v) is 10.6. The van der Waals surface area contributed by atoms with Crippen LogP contribution in [0.1, 0.15) is 18.1 Å². The SMILES string of the molecule is Cc1cc(CC(C)N)ccc1N(C)CC(F)F. The molecule has 2 N–H and O–H groups in total. The summed E-state index contributed by atoms with van der Waals surface area (Å²) in [4.78, 5) is 1.58. The molecule has 0 bridgehead atoms. The van der Waals surface area contributed by atoms with Gasteiger partial charge in [-0.25, -0.2) is 8.78 Å². The molecular weight excluding hydrogens is 222 g/mol. The van der Waals surface area contributed by atoms with Crippen LogP contribution in [0, 0.1) is 6.92 Å². The van der Waals surface area contributed by atoms with E-state index in [0.717, 1.165) is 23.2 Å². The molecule has 0 radical (unpaired) electrons. The van der Waals surface area contributed by atoms with Gasteiger partial charge in [0.05, 0.1) is 6.54 Å². The summed E-state index contributed by atoms with van der Waals surface area (Å²) in [5, 5.41) is 0. The number of hydrogen-bond acceptors (Lipinski definition) is 2. The third-order valence-electron chi connectivity index (χ3n) is 2.64. The van der Waals surface area contributed by atoms with Crippen molar-refractivity contribution < 1.29 is 8.78 Å². The lowest BCUT2D eigenvalue weighted by molar-refractivity contribution is 0.156. The van der Waals surface area contributed by atoms with Gasteiger partial charge in [-0.1, -0.05) is 12.1 Å². The molecule has 1 aromatic carbocycles. The van der Waals surface area contributed by atoms with Gasteiger partial charge in [-0.3, -0.25) is 0 Å². The quantitative estimate of drug-likeness (QED) is 0.860. The van der Waals surface area contributed by atoms with Gasteiger partial charge in [0.2, 0.25) is 0 Å². The summed E-state index contributed by atoms with van der Waals surface area (Å²) in [6.45, 7) is 3.64. The van der Waals surface area contributed by atoms with E-state index in [1.807, 2.05) is 32.0 Å². The van der Waals surface area contributed by atoms with Crippen LogP contribution in [0.4, 0.5) is 14.5 Å². The standard InChI is InChI=1S/C13H20F2N2/c1-9-6-11(7-10(2)16)4-5-12(9)17(3)8-13(14)15/h4-6,10,13H,7-8,16H2,1-3H3. The van der Waals surface area contributed by atoms with Gasteiger partial charge >= 0.3 is 0 Å². The van der Waals surface area contributed by atoms with Crippen LogP contribution in [0.3, 0.4) is 0 Å². The van der Waals surface area contributed by atoms with Crippen LogP contribution < -0.4 is 10.6 Å². The molecule has 0 saturated heterocycles. The zero-order valence-electron chi connectivity index (χ0n) is 10.6. The topological polar surface area (TPSA) is 29.3 Å². The summed E-state index contributed by atoms with van der Waals surface area (Å²) in [7, 11) is 1.68. The number of rotatable bonds is 5. The van der Waals surface area contributed by atoms with Crippen molar-refractivity contribution in [2.45, 2.75) is 32.7 Å². The Morgan fingerprint density at radius 1 is 1.35 bits per heavy atom. The minimum absolute atomic E-state index is 0.110. The minimum atomic E-state index is -2.32. The van der Waals surface area contributed by atoms with Crippen molar-refractivity contribution in [3.05, 3.63) is 29.3 Å². The van der Waals surface area contributed by atoms with E-state index in [0.29, 0.717) is 0 Å². The number of benzene rings is 1. The van der Waals surface area contributed by atoms with Crippen molar-refractivity contribution in [2.75, 3.05) is 18.5 Å². The fourth-order valence-electron chi connectivity index (χ4n) is 1.95. The Morgan fingerprint density at radius 3 is 2.47 bits per heavy atom. The number of halogens is 2. The second-order valence-corrected chi connectivity index (χ2v) is 4.57. The first kappa shape index (κ1) is 13.9. The smallest absolute Gasteiger partial charge is 0.255 e. The molecular formula is C13H20F2N2. The largest absolute Gasteiger partial charge is 0.369 e. The molecule has 0 aliphatic rings. The number of anilines is 1. The molecule has 1 unspecified atom stereocenters. The normalized spacial score (nSPS) is 12.9. The molecule has 17 heavy (non-hydrogen) atoms. The van der Waals surface area contributed by atoms with Crippen molar-refractivity contribution in [3.8, 4) is 0 Å². The Hall–Kier alpha value is -1.16. The van der Waals surface area contributed by atoms with Gasteiger partial charge in [0.15, 0.2) is 0 Å². The van der Waals surface area contributed by atoms with Crippen LogP contribution in [-0.4, -0.2) is 26.1 Å². The summed E-state index contributed by atoms with van der Waals surface area (Å²) in [5.74, 6) is 0. The molecule has 4 heteroatoms. The number of nitrogens with zero attached hydrogens (tertiary/aromatic N) is 1. The van der Waals surface area contributed by atoms with Crippen LogP contribution in [0.2, 0.25) is 0 Å². The second kappa shape index (κ2) is 5.96. The molecule has 0 amide bonds. The maximum absolute atomic E-state index is 12.3. The highest BCUT2D eigenvalue weighted by Gasteiger charge is 2.11. The average molecular weight is 242 g/mol. The van der Waals surface area contributed by atoms with E-state index in [4.69, 9.17) is 5.73 Å². The molecule has 0 spiro atoms. The Kier molecular flexibility index (Phi) is 4.87. The molecule has 96 valence electrons. The molecule has 0 aliphatic carbocycles. The van der Waals surface area contributed by atoms with Gasteiger partial charge in [-0.15, -0.1) is 0 Å². The number of hydrogen-bond donors (Lipinski definition) is 1. The maximum atomic E-state index is 12.3. The predicted octanol–water partition coefficient (Wildman–Crippen LogP) is 2.59. The monoisotopic (exact) mass is 242 g/mol. The lowest BCUT2D eigenvalue weighted by Gasteiger charge is -2.21. The molecule has 1 rings (SSSR count). The lowest BCUT2D eigenvalue weighted by atomic mass is 10.0. The summed E-state index contributed by atoms with van der Waals surface area (Å²) in [5.41, 5.74) is 8.73. The molecule has 2 nitrogen and oxygen atoms in total. The highest BCUT2D eigenvalue weighted by atomic mass is 19.3. The molecule has 0 aromatic heterocycles. The Labute approximate surface area is 101 Å². The van der Waals surface area contributed by atoms with Gasteiger partial charge in [0, 0.05) is 18.8 Å². The minimum Gasteiger partial charge on any atom is -0.369 e. The van der Waals surface area contributed by atoms with Gasteiger partial charge < -0.3 is 10.6 Å². The van der Waals surface area contributed by atoms with Crippen molar-refractivity contribution >= 4 is 5.69 Å². The van der Waals surface area contributed by atoms with Gasteiger partial charge in [-0.05, 0) is 37.5 Å². The van der Waals surface area contributed by atoms with Crippen molar-refractivity contribution in [3.63, 3.8) is 0 Å². The Morgan fingerprint density at radius 2 is 2.00 bits per heavy atom. The fourth-order valence-corrected chi connectivity index (χ4v) is 1.95. The highest BCUT2D eigenvalue weighted by Crippen LogP contribution is 2.21. The van der Waals surface area contributed by atoms with E-state index < -0.39 is 6.43 Å². The molecule has 0 fully saturated rings. The molecule has 1 atom stereocenters. The van der Waals surface area contributed by atoms with E-state index in [1.165, 1.54) is 0 Å². The summed E-state index contributed by atoms with van der Waals surface area (Å²) in [6.07, 6.45) is -1.51. The van der Waals surface area contributed by atoms with E-state index in [1.54, 1.807) is 11.9 Å². The van der Waals surface area contributed by atoms with Crippen molar-refractivity contribution in [2.24, 2.45) is 5.73 Å². The first-order chi connectivity index (χ1) is 7.90. The van der Waals surface area contributed by atoms with Gasteiger partial charge in [0.1, 0.15) is 0 Å². The highest BCUT2D eigenvalue weighted by molar-refractivity contribution is 5.54. The van der Waals surface area contributed by atoms with Crippen molar-refractivity contribution in [1.29, 1.82) is 0 Å². The average Bonchev–Trinajstić information content (AvgIpc) is 2.14. The summed E-state index contributed by atoms with van der Waals surface area (Å²) >= 11 is 0. The molecule has 0 aliphatic heterocycles. The first-order valence-electron chi connectivity index (χ1n) is 5.74. The third-order valence-corrected chi connectivity index (χ3v) is 2.64. The first-order valence-corrected chi connectivity index (χ1v) is 5.74. The maximum Gasteiger partial charge on any atom is 0.255 e. The predicted molar refractivity (Wildman–Crippen MR) is 67.8 cm³/mol. The van der Waals surface area contributed by atoms with E-state index in [9.17, 15) is 8.78 Å². The lowest BCUT2D eigenvalue weighted by Crippen LogP contribution is -2.25. The number of alkyl halides is 2. The van der Waals surface area contributed by atoms with Crippen LogP contribution in [0.15, 0.2) is 18.2 Å². The van der Waals surface area contributed by atoms with Gasteiger partial charge in [-0.2, -0.15) is 0 Å². The molecule has 0 heterocycles. The Balaban J connectivity index is 2.82. The van der Waals surface area contributed by atoms with E-state index >= 15 is 0 Å². The van der Waals surface area contributed by atoms with Gasteiger partial charge in [0.25, 0.3) is 6.43 Å². The van der Waals surface area contributed by atoms with E-state index in [2.05, 4.69) is 0 Å². The summed E-state index contributed by atoms with van der Waals surface area (Å²) < 4.78 is 24.6. The van der Waals surface area contributed by atoms with Crippen molar-refractivity contribution in [1.82, 2.24) is 0 Å². The number of nitrogens with two attached hydrogens (primary N) is 1. The summed E-state index contributed by atoms with van der Waals surface area (Å²) in [6, 6.07) is 5.96. The third kappa shape index (κ3) is 4.30. The zero-order chi connectivity index (χ0) is 13.0. The van der Waals surface area contributed by atoms with Crippen LogP contribution in [-0.2, 0) is 6.42 Å². The molecule has 0 saturated carbocycles. The van der Waals surface area contributed by atoms with Crippen LogP contribution in [0.5, 0.6) is 0 Å². The number of aryl methyl sites for hydroxylation is 1. The van der Waals surface area contributed by atoms with Crippen LogP contribution >= 0.6 is 0 Å². The molecule has 1 aromatic rings. The fraction of sp³-hybridized carbons (Fsp3) is 0.538. The Bertz CT molecular complexity index is 364. The van der Waals surface area contributed by atoms with E-state index in [-0.39, 0.29) is 12.6 Å².